The number of hydrogen-bond acceptors (Lipinski definition) is 5. The van der Waals surface area contributed by atoms with E-state index in [1.165, 1.54) is 0 Å². The van der Waals surface area contributed by atoms with Gasteiger partial charge in [0.25, 0.3) is 0 Å². The third kappa shape index (κ3) is 5.49. The van der Waals surface area contributed by atoms with E-state index in [1.54, 1.807) is 30.3 Å². The molecule has 5 nitrogen and oxygen atoms in total. The van der Waals surface area contributed by atoms with Crippen LogP contribution in [-0.4, -0.2) is 36.9 Å². The Morgan fingerprint density at radius 2 is 1.58 bits per heavy atom. The van der Waals surface area contributed by atoms with Crippen LogP contribution in [0.15, 0.2) is 42.5 Å². The van der Waals surface area contributed by atoms with Gasteiger partial charge in [-0.25, -0.2) is 0 Å². The summed E-state index contributed by atoms with van der Waals surface area (Å²) in [6, 6.07) is 12.2. The molecule has 26 heavy (non-hydrogen) atoms. The predicted molar refractivity (Wildman–Crippen MR) is 108 cm³/mol. The van der Waals surface area contributed by atoms with E-state index in [1.807, 2.05) is 12.1 Å². The number of carbonyl (C=O) groups excluding carboxylic acids is 1. The minimum Gasteiger partial charge on any atom is -0.494 e. The first-order chi connectivity index (χ1) is 12.5. The number of nitrogens with zero attached hydrogens (tertiary/aromatic N) is 1. The zero-order valence-corrected chi connectivity index (χ0v) is 15.7. The first-order valence-electron chi connectivity index (χ1n) is 9.20. The number of nitrogens with two attached hydrogens (primary N) is 2. The third-order valence-electron chi connectivity index (χ3n) is 4.50. The lowest BCUT2D eigenvalue weighted by molar-refractivity contribution is 0.103. The molecule has 0 saturated carbocycles. The molecule has 2 aromatic carbocycles. The molecule has 0 bridgehead atoms. The highest BCUT2D eigenvalue weighted by Crippen LogP contribution is 2.20. The Balaban J connectivity index is 1.84. The van der Waals surface area contributed by atoms with E-state index in [-0.39, 0.29) is 5.78 Å². The quantitative estimate of drug-likeness (QED) is 0.387. The molecule has 0 amide bonds. The number of hydrogen-bond donors (Lipinski definition) is 2. The molecule has 0 spiro atoms. The second-order valence-corrected chi connectivity index (χ2v) is 6.28. The van der Waals surface area contributed by atoms with Gasteiger partial charge in [-0.05, 0) is 74.9 Å². The van der Waals surface area contributed by atoms with Crippen LogP contribution in [-0.2, 0) is 0 Å². The van der Waals surface area contributed by atoms with Gasteiger partial charge in [-0.15, -0.1) is 0 Å². The van der Waals surface area contributed by atoms with Crippen LogP contribution in [0.2, 0.25) is 0 Å². The highest BCUT2D eigenvalue weighted by Gasteiger charge is 2.10. The molecule has 0 aliphatic rings. The molecule has 2 aromatic rings. The van der Waals surface area contributed by atoms with Gasteiger partial charge < -0.3 is 21.1 Å². The lowest BCUT2D eigenvalue weighted by Crippen LogP contribution is -2.24. The van der Waals surface area contributed by atoms with Gasteiger partial charge in [0, 0.05) is 11.1 Å². The number of nitrogen functional groups attached to an aromatic ring is 2. The van der Waals surface area contributed by atoms with E-state index in [0.29, 0.717) is 29.1 Å². The van der Waals surface area contributed by atoms with Crippen LogP contribution in [0.25, 0.3) is 0 Å². The van der Waals surface area contributed by atoms with Crippen molar-refractivity contribution in [1.29, 1.82) is 0 Å². The van der Waals surface area contributed by atoms with Crippen molar-refractivity contribution in [1.82, 2.24) is 4.90 Å². The van der Waals surface area contributed by atoms with E-state index >= 15 is 0 Å². The van der Waals surface area contributed by atoms with E-state index in [4.69, 9.17) is 16.2 Å². The van der Waals surface area contributed by atoms with Crippen LogP contribution < -0.4 is 16.2 Å². The van der Waals surface area contributed by atoms with Crippen LogP contribution in [0.5, 0.6) is 5.75 Å². The van der Waals surface area contributed by atoms with Crippen LogP contribution in [0, 0.1) is 0 Å². The normalized spacial score (nSPS) is 10.9. The molecule has 0 aromatic heterocycles. The summed E-state index contributed by atoms with van der Waals surface area (Å²) in [5, 5.41) is 0. The van der Waals surface area contributed by atoms with Crippen LogP contribution in [0.1, 0.15) is 42.6 Å². The summed E-state index contributed by atoms with van der Waals surface area (Å²) in [6.07, 6.45) is 2.14. The molecule has 0 aliphatic heterocycles. The smallest absolute Gasteiger partial charge is 0.193 e. The molecule has 0 heterocycles. The van der Waals surface area contributed by atoms with Gasteiger partial charge in [-0.2, -0.15) is 0 Å². The van der Waals surface area contributed by atoms with Crippen molar-refractivity contribution in [2.24, 2.45) is 0 Å². The van der Waals surface area contributed by atoms with Crippen LogP contribution in [0.4, 0.5) is 11.4 Å². The first-order valence-corrected chi connectivity index (χ1v) is 9.20. The number of ketones is 1. The average molecular weight is 355 g/mol. The van der Waals surface area contributed by atoms with Gasteiger partial charge in [-0.1, -0.05) is 13.8 Å². The second-order valence-electron chi connectivity index (χ2n) is 6.28. The summed E-state index contributed by atoms with van der Waals surface area (Å²) in [7, 11) is 0. The maximum Gasteiger partial charge on any atom is 0.193 e. The van der Waals surface area contributed by atoms with E-state index in [2.05, 4.69) is 18.7 Å². The zero-order valence-electron chi connectivity index (χ0n) is 15.7. The SMILES string of the molecule is CCN(CC)CCCCOc1ccc(C(=O)c2ccc(N)c(N)c2)cc1. The maximum atomic E-state index is 12.5. The lowest BCUT2D eigenvalue weighted by atomic mass is 10.0. The van der Waals surface area contributed by atoms with Gasteiger partial charge in [0.1, 0.15) is 5.75 Å². The Kier molecular flexibility index (Phi) is 7.48. The predicted octanol–water partition coefficient (Wildman–Crippen LogP) is 3.58. The largest absolute Gasteiger partial charge is 0.494 e. The van der Waals surface area contributed by atoms with E-state index in [0.717, 1.165) is 38.2 Å². The molecular formula is C21H29N3O2. The number of benzene rings is 2. The second kappa shape index (κ2) is 9.82. The molecule has 5 heteroatoms. The summed E-state index contributed by atoms with van der Waals surface area (Å²) < 4.78 is 5.76. The first kappa shape index (κ1) is 19.8. The van der Waals surface area contributed by atoms with Crippen molar-refractivity contribution in [3.8, 4) is 5.75 Å². The van der Waals surface area contributed by atoms with Crippen LogP contribution >= 0.6 is 0 Å². The van der Waals surface area contributed by atoms with Crippen LogP contribution in [0.3, 0.4) is 0 Å². The Labute approximate surface area is 155 Å². The number of rotatable bonds is 10. The number of carbonyl (C=O) groups is 1. The summed E-state index contributed by atoms with van der Waals surface area (Å²) >= 11 is 0. The van der Waals surface area contributed by atoms with Crippen molar-refractivity contribution < 1.29 is 9.53 Å². The van der Waals surface area contributed by atoms with Crippen molar-refractivity contribution in [2.75, 3.05) is 37.7 Å². The van der Waals surface area contributed by atoms with Gasteiger partial charge in [0.15, 0.2) is 5.78 Å². The van der Waals surface area contributed by atoms with Gasteiger partial charge >= 0.3 is 0 Å². The summed E-state index contributed by atoms with van der Waals surface area (Å²) in [6.45, 7) is 8.33. The highest BCUT2D eigenvalue weighted by atomic mass is 16.5. The van der Waals surface area contributed by atoms with E-state index in [9.17, 15) is 4.79 Å². The Morgan fingerprint density at radius 1 is 0.923 bits per heavy atom. The van der Waals surface area contributed by atoms with Crippen molar-refractivity contribution in [3.05, 3.63) is 53.6 Å². The summed E-state index contributed by atoms with van der Waals surface area (Å²) in [5.74, 6) is 0.698. The number of anilines is 2. The monoisotopic (exact) mass is 355 g/mol. The van der Waals surface area contributed by atoms with Gasteiger partial charge in [0.2, 0.25) is 0 Å². The minimum atomic E-state index is -0.0810. The molecule has 2 rings (SSSR count). The molecule has 0 radical (unpaired) electrons. The molecule has 0 atom stereocenters. The molecule has 140 valence electrons. The molecule has 0 aliphatic carbocycles. The molecule has 4 N–H and O–H groups in total. The summed E-state index contributed by atoms with van der Waals surface area (Å²) in [5.41, 5.74) is 13.5. The molecular weight excluding hydrogens is 326 g/mol. The lowest BCUT2D eigenvalue weighted by Gasteiger charge is -2.17. The molecule has 0 saturated heterocycles. The van der Waals surface area contributed by atoms with Crippen molar-refractivity contribution in [3.63, 3.8) is 0 Å². The minimum absolute atomic E-state index is 0.0810. The number of ether oxygens (including phenoxy) is 1. The average Bonchev–Trinajstić information content (AvgIpc) is 2.67. The fraction of sp³-hybridized carbons (Fsp3) is 0.381. The van der Waals surface area contributed by atoms with Gasteiger partial charge in [-0.3, -0.25) is 4.79 Å². The standard InChI is InChI=1S/C21H29N3O2/c1-3-24(4-2)13-5-6-14-26-18-10-7-16(8-11-18)21(25)17-9-12-19(22)20(23)15-17/h7-12,15H,3-6,13-14,22-23H2,1-2H3. The zero-order chi connectivity index (χ0) is 18.9. The highest BCUT2D eigenvalue weighted by molar-refractivity contribution is 6.09. The Hall–Kier alpha value is -2.53. The number of unbranched alkanes of at least 4 members (excludes halogenated alkanes) is 1. The Bertz CT molecular complexity index is 710. The molecule has 0 unspecified atom stereocenters. The van der Waals surface area contributed by atoms with E-state index < -0.39 is 0 Å². The van der Waals surface area contributed by atoms with Crippen molar-refractivity contribution in [2.45, 2.75) is 26.7 Å². The fourth-order valence-corrected chi connectivity index (χ4v) is 2.75. The third-order valence-corrected chi connectivity index (χ3v) is 4.50. The Morgan fingerprint density at radius 3 is 2.19 bits per heavy atom. The fourth-order valence-electron chi connectivity index (χ4n) is 2.75. The molecule has 0 fully saturated rings. The van der Waals surface area contributed by atoms with Crippen molar-refractivity contribution >= 4 is 17.2 Å². The topological polar surface area (TPSA) is 81.6 Å². The summed E-state index contributed by atoms with van der Waals surface area (Å²) in [4.78, 5) is 14.9. The van der Waals surface area contributed by atoms with Gasteiger partial charge in [0.05, 0.1) is 18.0 Å². The maximum absolute atomic E-state index is 12.5.